The number of amidine groups is 1. The van der Waals surface area contributed by atoms with E-state index in [9.17, 15) is 0 Å². The molecule has 0 spiro atoms. The topological polar surface area (TPSA) is 136 Å². The summed E-state index contributed by atoms with van der Waals surface area (Å²) in [6, 6.07) is 7.29. The van der Waals surface area contributed by atoms with Crippen LogP contribution in [0.15, 0.2) is 29.3 Å². The number of nitrogens with zero attached hydrogens (tertiary/aromatic N) is 1. The van der Waals surface area contributed by atoms with Crippen LogP contribution in [0.3, 0.4) is 0 Å². The first-order valence-electron chi connectivity index (χ1n) is 8.93. The summed E-state index contributed by atoms with van der Waals surface area (Å²) >= 11 is 0. The molecule has 28 heavy (non-hydrogen) atoms. The van der Waals surface area contributed by atoms with Crippen molar-refractivity contribution in [1.82, 2.24) is 5.32 Å². The van der Waals surface area contributed by atoms with Crippen molar-refractivity contribution in [3.8, 4) is 5.75 Å². The molecule has 1 aromatic rings. The van der Waals surface area contributed by atoms with Crippen LogP contribution >= 0.6 is 37.2 Å². The van der Waals surface area contributed by atoms with Gasteiger partial charge in [-0.25, -0.2) is 0 Å². The van der Waals surface area contributed by atoms with E-state index in [0.717, 1.165) is 38.2 Å². The third-order valence-electron chi connectivity index (χ3n) is 3.74. The van der Waals surface area contributed by atoms with E-state index in [1.54, 1.807) is 12.1 Å². The molecule has 0 aliphatic carbocycles. The second-order valence-corrected chi connectivity index (χ2v) is 5.96. The van der Waals surface area contributed by atoms with E-state index < -0.39 is 0 Å². The quantitative estimate of drug-likeness (QED) is 0.166. The Balaban J connectivity index is -0.00000208. The fraction of sp³-hybridized carbons (Fsp3) is 0.556. The van der Waals surface area contributed by atoms with Crippen LogP contribution in [0.4, 0.5) is 0 Å². The maximum atomic E-state index is 7.34. The number of aliphatic imine (C=N–C) groups is 1. The molecule has 1 aromatic carbocycles. The summed E-state index contributed by atoms with van der Waals surface area (Å²) in [5.41, 5.74) is 16.7. The van der Waals surface area contributed by atoms with Gasteiger partial charge in [0.2, 0.25) is 0 Å². The van der Waals surface area contributed by atoms with Crippen molar-refractivity contribution in [2.75, 3.05) is 26.2 Å². The summed E-state index contributed by atoms with van der Waals surface area (Å²) < 4.78 is 5.66. The van der Waals surface area contributed by atoms with Gasteiger partial charge in [-0.1, -0.05) is 19.3 Å². The van der Waals surface area contributed by atoms with E-state index in [-0.39, 0.29) is 49.0 Å². The Labute approximate surface area is 187 Å². The van der Waals surface area contributed by atoms with Crippen LogP contribution in [0.2, 0.25) is 0 Å². The molecule has 10 heteroatoms. The monoisotopic (exact) mass is 456 g/mol. The first-order valence-corrected chi connectivity index (χ1v) is 8.93. The highest BCUT2D eigenvalue weighted by atomic mass is 35.5. The summed E-state index contributed by atoms with van der Waals surface area (Å²) in [7, 11) is 0. The van der Waals surface area contributed by atoms with Gasteiger partial charge in [0.25, 0.3) is 0 Å². The van der Waals surface area contributed by atoms with E-state index in [2.05, 4.69) is 10.3 Å². The average molecular weight is 458 g/mol. The minimum absolute atomic E-state index is 0. The Morgan fingerprint density at radius 2 is 1.43 bits per heavy atom. The number of rotatable bonds is 14. The van der Waals surface area contributed by atoms with Crippen molar-refractivity contribution < 1.29 is 4.74 Å². The maximum absolute atomic E-state index is 7.34. The van der Waals surface area contributed by atoms with Gasteiger partial charge in [-0.3, -0.25) is 10.4 Å². The second kappa shape index (κ2) is 20.3. The Hall–Kier alpha value is -1.41. The summed E-state index contributed by atoms with van der Waals surface area (Å²) in [6.07, 6.45) is 6.83. The number of hydrogen-bond donors (Lipinski definition) is 5. The SMILES string of the molecule is Cl.Cl.Cl.N=C(N)c1ccc(OCCCNCCCCCCCN=C(N)N)cc1. The van der Waals surface area contributed by atoms with Gasteiger partial charge < -0.3 is 27.3 Å². The largest absolute Gasteiger partial charge is 0.494 e. The first-order chi connectivity index (χ1) is 12.1. The van der Waals surface area contributed by atoms with Gasteiger partial charge in [0, 0.05) is 12.1 Å². The number of nitrogens with two attached hydrogens (primary N) is 3. The zero-order valence-corrected chi connectivity index (χ0v) is 18.6. The average Bonchev–Trinajstić information content (AvgIpc) is 2.59. The van der Waals surface area contributed by atoms with Crippen molar-refractivity contribution in [2.45, 2.75) is 38.5 Å². The molecule has 0 saturated carbocycles. The van der Waals surface area contributed by atoms with Gasteiger partial charge >= 0.3 is 0 Å². The number of unbranched alkanes of at least 4 members (excludes halogenated alkanes) is 4. The molecule has 8 N–H and O–H groups in total. The molecule has 0 saturated heterocycles. The minimum Gasteiger partial charge on any atom is -0.494 e. The van der Waals surface area contributed by atoms with E-state index in [0.29, 0.717) is 12.2 Å². The molecular weight excluding hydrogens is 423 g/mol. The molecule has 0 aromatic heterocycles. The molecule has 0 aliphatic heterocycles. The lowest BCUT2D eigenvalue weighted by Crippen LogP contribution is -2.22. The van der Waals surface area contributed by atoms with Crippen LogP contribution < -0.4 is 27.3 Å². The molecule has 0 radical (unpaired) electrons. The number of ether oxygens (including phenoxy) is 1. The van der Waals surface area contributed by atoms with Crippen LogP contribution in [0.25, 0.3) is 0 Å². The van der Waals surface area contributed by atoms with Crippen LogP contribution in [-0.2, 0) is 0 Å². The maximum Gasteiger partial charge on any atom is 0.185 e. The van der Waals surface area contributed by atoms with Gasteiger partial charge in [-0.15, -0.1) is 37.2 Å². The zero-order valence-electron chi connectivity index (χ0n) is 16.2. The fourth-order valence-electron chi connectivity index (χ4n) is 2.34. The highest BCUT2D eigenvalue weighted by Crippen LogP contribution is 2.11. The minimum atomic E-state index is 0. The molecule has 7 nitrogen and oxygen atoms in total. The Morgan fingerprint density at radius 1 is 0.857 bits per heavy atom. The van der Waals surface area contributed by atoms with Crippen molar-refractivity contribution in [3.05, 3.63) is 29.8 Å². The molecule has 0 unspecified atom stereocenters. The molecule has 1 rings (SSSR count). The zero-order chi connectivity index (χ0) is 18.3. The smallest absolute Gasteiger partial charge is 0.185 e. The van der Waals surface area contributed by atoms with Crippen molar-refractivity contribution in [2.24, 2.45) is 22.2 Å². The van der Waals surface area contributed by atoms with E-state index in [1.165, 1.54) is 25.7 Å². The van der Waals surface area contributed by atoms with Gasteiger partial charge in [0.05, 0.1) is 6.61 Å². The molecule has 0 bridgehead atoms. The Bertz CT molecular complexity index is 525. The summed E-state index contributed by atoms with van der Waals surface area (Å²) in [5.74, 6) is 1.07. The molecule has 0 atom stereocenters. The number of nitrogen functional groups attached to an aromatic ring is 1. The van der Waals surface area contributed by atoms with Gasteiger partial charge in [-0.2, -0.15) is 0 Å². The Kier molecular flexibility index (Phi) is 22.7. The summed E-state index contributed by atoms with van der Waals surface area (Å²) in [6.45, 7) is 3.41. The Morgan fingerprint density at radius 3 is 2.04 bits per heavy atom. The van der Waals surface area contributed by atoms with E-state index in [1.807, 2.05) is 12.1 Å². The number of nitrogens with one attached hydrogen (secondary N) is 2. The summed E-state index contributed by atoms with van der Waals surface area (Å²) in [5, 5.41) is 10.8. The number of guanidine groups is 1. The molecule has 164 valence electrons. The summed E-state index contributed by atoms with van der Waals surface area (Å²) in [4.78, 5) is 3.97. The van der Waals surface area contributed by atoms with Gasteiger partial charge in [0.15, 0.2) is 5.96 Å². The molecular formula is C18H35Cl3N6O. The van der Waals surface area contributed by atoms with Crippen LogP contribution in [0.1, 0.15) is 44.1 Å². The van der Waals surface area contributed by atoms with Crippen molar-refractivity contribution in [1.29, 1.82) is 5.41 Å². The molecule has 0 amide bonds. The predicted octanol–water partition coefficient (Wildman–Crippen LogP) is 2.82. The number of benzene rings is 1. The van der Waals surface area contributed by atoms with Crippen molar-refractivity contribution >= 4 is 49.0 Å². The third kappa shape index (κ3) is 16.7. The highest BCUT2D eigenvalue weighted by molar-refractivity contribution is 5.94. The molecule has 0 heterocycles. The highest BCUT2D eigenvalue weighted by Gasteiger charge is 1.98. The van der Waals surface area contributed by atoms with Gasteiger partial charge in [0.1, 0.15) is 11.6 Å². The first kappa shape index (κ1) is 31.3. The lowest BCUT2D eigenvalue weighted by atomic mass is 10.1. The van der Waals surface area contributed by atoms with E-state index >= 15 is 0 Å². The fourth-order valence-corrected chi connectivity index (χ4v) is 2.34. The number of hydrogen-bond acceptors (Lipinski definition) is 4. The third-order valence-corrected chi connectivity index (χ3v) is 3.74. The standard InChI is InChI=1S/C18H32N6O.3ClH/c19-17(20)15-7-9-16(10-8-15)25-14-6-12-23-11-4-2-1-3-5-13-24-18(21)22;;;/h7-10,23H,1-6,11-14H2,(H3,19,20)(H4,21,22,24);3*1H. The van der Waals surface area contributed by atoms with E-state index in [4.69, 9.17) is 27.3 Å². The molecule has 0 aliphatic rings. The normalized spacial score (nSPS) is 9.29. The van der Waals surface area contributed by atoms with Crippen LogP contribution in [-0.4, -0.2) is 38.0 Å². The lowest BCUT2D eigenvalue weighted by molar-refractivity contribution is 0.308. The molecule has 0 fully saturated rings. The van der Waals surface area contributed by atoms with Crippen molar-refractivity contribution in [3.63, 3.8) is 0 Å². The lowest BCUT2D eigenvalue weighted by Gasteiger charge is -2.08. The second-order valence-electron chi connectivity index (χ2n) is 5.96. The van der Waals surface area contributed by atoms with Crippen LogP contribution in [0.5, 0.6) is 5.75 Å². The number of halogens is 3. The van der Waals surface area contributed by atoms with Crippen LogP contribution in [0, 0.1) is 5.41 Å². The predicted molar refractivity (Wildman–Crippen MR) is 126 cm³/mol. The van der Waals surface area contributed by atoms with Gasteiger partial charge in [-0.05, 0) is 56.6 Å².